The second kappa shape index (κ2) is 5.86. The van der Waals surface area contributed by atoms with Crippen LogP contribution in [0.25, 0.3) is 0 Å². The van der Waals surface area contributed by atoms with Crippen molar-refractivity contribution in [3.05, 3.63) is 29.3 Å². The first-order valence-corrected chi connectivity index (χ1v) is 7.25. The fraction of sp³-hybridized carbons (Fsp3) is 0.417. The molecular formula is C12H17NO4S. The van der Waals surface area contributed by atoms with Gasteiger partial charge in [-0.05, 0) is 31.0 Å². The van der Waals surface area contributed by atoms with Crippen molar-refractivity contribution in [2.45, 2.75) is 20.3 Å². The van der Waals surface area contributed by atoms with Crippen molar-refractivity contribution in [2.24, 2.45) is 0 Å². The van der Waals surface area contributed by atoms with Crippen LogP contribution in [0, 0.1) is 6.92 Å². The second-order valence-electron chi connectivity index (χ2n) is 3.89. The average Bonchev–Trinajstić information content (AvgIpc) is 2.30. The third-order valence-corrected chi connectivity index (χ3v) is 3.95. The Bertz CT molecular complexity index is 537. The standard InChI is InChI=1S/C12H17NO4S/c1-4-8-18(15,16)13-11-7-5-6-10(9(11)2)12(14)17-3/h5-7,13H,4,8H2,1-3H3. The number of benzene rings is 1. The summed E-state index contributed by atoms with van der Waals surface area (Å²) >= 11 is 0. The molecule has 1 N–H and O–H groups in total. The van der Waals surface area contributed by atoms with Crippen molar-refractivity contribution in [2.75, 3.05) is 17.6 Å². The van der Waals surface area contributed by atoms with E-state index in [1.54, 1.807) is 32.0 Å². The molecule has 0 heterocycles. The maximum atomic E-state index is 11.7. The highest BCUT2D eigenvalue weighted by atomic mass is 32.2. The quantitative estimate of drug-likeness (QED) is 0.831. The van der Waals surface area contributed by atoms with E-state index in [0.29, 0.717) is 23.2 Å². The Morgan fingerprint density at radius 3 is 2.61 bits per heavy atom. The van der Waals surface area contributed by atoms with E-state index < -0.39 is 16.0 Å². The van der Waals surface area contributed by atoms with Crippen molar-refractivity contribution >= 4 is 21.7 Å². The number of anilines is 1. The molecule has 0 spiro atoms. The predicted octanol–water partition coefficient (Wildman–Crippen LogP) is 1.93. The van der Waals surface area contributed by atoms with Crippen LogP contribution in [-0.4, -0.2) is 27.2 Å². The molecule has 0 saturated carbocycles. The summed E-state index contributed by atoms with van der Waals surface area (Å²) in [6.45, 7) is 3.47. The molecule has 0 bridgehead atoms. The molecule has 0 saturated heterocycles. The maximum Gasteiger partial charge on any atom is 0.338 e. The minimum atomic E-state index is -3.36. The molecule has 18 heavy (non-hydrogen) atoms. The summed E-state index contributed by atoms with van der Waals surface area (Å²) in [6, 6.07) is 4.83. The van der Waals surface area contributed by atoms with Gasteiger partial charge in [-0.2, -0.15) is 0 Å². The molecule has 0 fully saturated rings. The summed E-state index contributed by atoms with van der Waals surface area (Å²) in [7, 11) is -2.07. The van der Waals surface area contributed by atoms with E-state index in [0.717, 1.165) is 0 Å². The maximum absolute atomic E-state index is 11.7. The summed E-state index contributed by atoms with van der Waals surface area (Å²) in [4.78, 5) is 11.5. The fourth-order valence-corrected chi connectivity index (χ4v) is 2.76. The SMILES string of the molecule is CCCS(=O)(=O)Nc1cccc(C(=O)OC)c1C. The molecule has 100 valence electrons. The van der Waals surface area contributed by atoms with Crippen LogP contribution in [-0.2, 0) is 14.8 Å². The molecule has 6 heteroatoms. The molecular weight excluding hydrogens is 254 g/mol. The van der Waals surface area contributed by atoms with Gasteiger partial charge in [0, 0.05) is 0 Å². The van der Waals surface area contributed by atoms with Gasteiger partial charge in [-0.25, -0.2) is 13.2 Å². The van der Waals surface area contributed by atoms with Gasteiger partial charge >= 0.3 is 5.97 Å². The van der Waals surface area contributed by atoms with Crippen molar-refractivity contribution in [1.82, 2.24) is 0 Å². The number of sulfonamides is 1. The molecule has 0 aliphatic carbocycles. The van der Waals surface area contributed by atoms with Crippen LogP contribution in [0.1, 0.15) is 29.3 Å². The zero-order valence-corrected chi connectivity index (χ0v) is 11.5. The monoisotopic (exact) mass is 271 g/mol. The van der Waals surface area contributed by atoms with Gasteiger partial charge in [0.15, 0.2) is 0 Å². The molecule has 5 nitrogen and oxygen atoms in total. The lowest BCUT2D eigenvalue weighted by atomic mass is 10.1. The minimum absolute atomic E-state index is 0.0505. The highest BCUT2D eigenvalue weighted by Gasteiger charge is 2.15. The van der Waals surface area contributed by atoms with Crippen LogP contribution in [0.3, 0.4) is 0 Å². The van der Waals surface area contributed by atoms with Crippen molar-refractivity contribution < 1.29 is 17.9 Å². The first-order chi connectivity index (χ1) is 8.41. The molecule has 1 rings (SSSR count). The Kier molecular flexibility index (Phi) is 4.72. The third kappa shape index (κ3) is 3.46. The van der Waals surface area contributed by atoms with E-state index in [9.17, 15) is 13.2 Å². The lowest BCUT2D eigenvalue weighted by Crippen LogP contribution is -2.17. The number of carbonyl (C=O) groups is 1. The van der Waals surface area contributed by atoms with Crippen LogP contribution in [0.4, 0.5) is 5.69 Å². The van der Waals surface area contributed by atoms with Crippen molar-refractivity contribution in [1.29, 1.82) is 0 Å². The van der Waals surface area contributed by atoms with Crippen LogP contribution >= 0.6 is 0 Å². The number of rotatable bonds is 5. The largest absolute Gasteiger partial charge is 0.465 e. The molecule has 0 atom stereocenters. The zero-order chi connectivity index (χ0) is 13.8. The van der Waals surface area contributed by atoms with E-state index in [2.05, 4.69) is 9.46 Å². The van der Waals surface area contributed by atoms with E-state index in [1.807, 2.05) is 0 Å². The number of hydrogen-bond donors (Lipinski definition) is 1. The Hall–Kier alpha value is -1.56. The molecule has 1 aromatic rings. The third-order valence-electron chi connectivity index (χ3n) is 2.48. The summed E-state index contributed by atoms with van der Waals surface area (Å²) in [5, 5.41) is 0. The van der Waals surface area contributed by atoms with Gasteiger partial charge in [-0.15, -0.1) is 0 Å². The van der Waals surface area contributed by atoms with Gasteiger partial charge < -0.3 is 4.74 Å². The lowest BCUT2D eigenvalue weighted by molar-refractivity contribution is 0.0600. The van der Waals surface area contributed by atoms with Gasteiger partial charge in [0.25, 0.3) is 0 Å². The van der Waals surface area contributed by atoms with Crippen LogP contribution in [0.2, 0.25) is 0 Å². The van der Waals surface area contributed by atoms with E-state index in [4.69, 9.17) is 0 Å². The van der Waals surface area contributed by atoms with Gasteiger partial charge in [0.05, 0.1) is 24.1 Å². The highest BCUT2D eigenvalue weighted by Crippen LogP contribution is 2.20. The van der Waals surface area contributed by atoms with Gasteiger partial charge in [-0.1, -0.05) is 13.0 Å². The first kappa shape index (κ1) is 14.5. The predicted molar refractivity (Wildman–Crippen MR) is 70.2 cm³/mol. The summed E-state index contributed by atoms with van der Waals surface area (Å²) < 4.78 is 30.5. The number of hydrogen-bond acceptors (Lipinski definition) is 4. The first-order valence-electron chi connectivity index (χ1n) is 5.59. The van der Waals surface area contributed by atoms with E-state index >= 15 is 0 Å². The molecule has 0 radical (unpaired) electrons. The molecule has 0 amide bonds. The molecule has 0 aromatic heterocycles. The van der Waals surface area contributed by atoms with Crippen molar-refractivity contribution in [3.8, 4) is 0 Å². The molecule has 1 aromatic carbocycles. The number of ether oxygens (including phenoxy) is 1. The zero-order valence-electron chi connectivity index (χ0n) is 10.7. The Balaban J connectivity index is 3.09. The smallest absolute Gasteiger partial charge is 0.338 e. The molecule has 0 aliphatic heterocycles. The Morgan fingerprint density at radius 2 is 2.06 bits per heavy atom. The minimum Gasteiger partial charge on any atom is -0.465 e. The van der Waals surface area contributed by atoms with Gasteiger partial charge in [0.2, 0.25) is 10.0 Å². The van der Waals surface area contributed by atoms with Crippen LogP contribution < -0.4 is 4.72 Å². The number of esters is 1. The summed E-state index contributed by atoms with van der Waals surface area (Å²) in [5.41, 5.74) is 1.32. The van der Waals surface area contributed by atoms with E-state index in [1.165, 1.54) is 7.11 Å². The number of methoxy groups -OCH3 is 1. The summed E-state index contributed by atoms with van der Waals surface area (Å²) in [6.07, 6.45) is 0.533. The van der Waals surface area contributed by atoms with Crippen molar-refractivity contribution in [3.63, 3.8) is 0 Å². The molecule has 0 unspecified atom stereocenters. The second-order valence-corrected chi connectivity index (χ2v) is 5.73. The number of carbonyl (C=O) groups excluding carboxylic acids is 1. The van der Waals surface area contributed by atoms with Crippen LogP contribution in [0.15, 0.2) is 18.2 Å². The van der Waals surface area contributed by atoms with Gasteiger partial charge in [-0.3, -0.25) is 4.72 Å². The van der Waals surface area contributed by atoms with Crippen LogP contribution in [0.5, 0.6) is 0 Å². The normalized spacial score (nSPS) is 11.1. The van der Waals surface area contributed by atoms with Gasteiger partial charge in [0.1, 0.15) is 0 Å². The lowest BCUT2D eigenvalue weighted by Gasteiger charge is -2.12. The Morgan fingerprint density at radius 1 is 1.39 bits per heavy atom. The topological polar surface area (TPSA) is 72.5 Å². The molecule has 0 aliphatic rings. The Labute approximate surface area is 107 Å². The summed E-state index contributed by atoms with van der Waals surface area (Å²) in [5.74, 6) is -0.432. The fourth-order valence-electron chi connectivity index (χ4n) is 1.56. The average molecular weight is 271 g/mol. The highest BCUT2D eigenvalue weighted by molar-refractivity contribution is 7.92. The number of nitrogens with one attached hydrogen (secondary N) is 1. The van der Waals surface area contributed by atoms with E-state index in [-0.39, 0.29) is 5.75 Å².